The summed E-state index contributed by atoms with van der Waals surface area (Å²) in [5.74, 6) is 0.281. The van der Waals surface area contributed by atoms with Crippen LogP contribution in [0.15, 0.2) is 79.3 Å². The summed E-state index contributed by atoms with van der Waals surface area (Å²) in [6.07, 6.45) is 11.9. The lowest BCUT2D eigenvalue weighted by molar-refractivity contribution is -0.136. The number of H-pyrrole nitrogens is 1. The van der Waals surface area contributed by atoms with E-state index in [1.165, 1.54) is 19.2 Å². The number of imide groups is 2. The van der Waals surface area contributed by atoms with Gasteiger partial charge >= 0.3 is 0 Å². The van der Waals surface area contributed by atoms with Crippen molar-refractivity contribution >= 4 is 63.6 Å². The number of carbonyl (C=O) groups excluding carboxylic acids is 5. The smallest absolute Gasteiger partial charge is 0.262 e. The van der Waals surface area contributed by atoms with Gasteiger partial charge in [-0.15, -0.1) is 0 Å². The minimum absolute atomic E-state index is 0.0957. The number of halogens is 1. The molecule has 4 fully saturated rings. The number of rotatable bonds is 12. The van der Waals surface area contributed by atoms with Crippen molar-refractivity contribution in [1.82, 2.24) is 35.4 Å². The Labute approximate surface area is 381 Å². The summed E-state index contributed by atoms with van der Waals surface area (Å²) in [5, 5.41) is 10.9. The first-order valence-electron chi connectivity index (χ1n) is 22.9. The van der Waals surface area contributed by atoms with Gasteiger partial charge in [0.05, 0.1) is 27.1 Å². The Balaban J connectivity index is 0.691. The third-order valence-electron chi connectivity index (χ3n) is 13.8. The van der Waals surface area contributed by atoms with Gasteiger partial charge in [-0.1, -0.05) is 29.8 Å². The summed E-state index contributed by atoms with van der Waals surface area (Å²) in [6, 6.07) is 20.1. The van der Waals surface area contributed by atoms with Gasteiger partial charge < -0.3 is 30.2 Å². The van der Waals surface area contributed by atoms with E-state index in [4.69, 9.17) is 16.3 Å². The molecule has 3 saturated heterocycles. The quantitative estimate of drug-likeness (QED) is 0.0767. The van der Waals surface area contributed by atoms with Gasteiger partial charge in [-0.25, -0.2) is 9.97 Å². The van der Waals surface area contributed by atoms with Gasteiger partial charge in [-0.05, 0) is 113 Å². The number of nitrogens with one attached hydrogen (secondary N) is 4. The zero-order valence-electron chi connectivity index (χ0n) is 36.1. The number of hydrogen-bond donors (Lipinski definition) is 4. The fourth-order valence-electron chi connectivity index (χ4n) is 10.4. The molecule has 336 valence electrons. The highest BCUT2D eigenvalue weighted by atomic mass is 35.5. The van der Waals surface area contributed by atoms with Crippen LogP contribution in [0.4, 0.5) is 11.5 Å². The fraction of sp³-hybridized carbons (Fsp3) is 0.408. The van der Waals surface area contributed by atoms with Gasteiger partial charge in [-0.2, -0.15) is 0 Å². The molecule has 10 rings (SSSR count). The SMILES string of the molecule is O=C1CCC(N2C(=O)c3ccc(N4CCC(CN5CCCC(NC6CCC(Nc7ncnc8[nH]cc(C(=O)c9ccc(Oc%10ccccc%10)cc9Cl)c78)CC6)C5)CC4)cc3C2=O)C(=O)N1. The average molecular weight is 898 g/mol. The number of anilines is 2. The summed E-state index contributed by atoms with van der Waals surface area (Å²) in [5.41, 5.74) is 2.96. The van der Waals surface area contributed by atoms with Gasteiger partial charge in [0, 0.05) is 74.2 Å². The van der Waals surface area contributed by atoms with E-state index in [2.05, 4.69) is 40.7 Å². The van der Waals surface area contributed by atoms with Crippen molar-refractivity contribution in [3.63, 3.8) is 0 Å². The van der Waals surface area contributed by atoms with Gasteiger partial charge in [0.1, 0.15) is 35.3 Å². The van der Waals surface area contributed by atoms with Crippen molar-refractivity contribution < 1.29 is 28.7 Å². The zero-order valence-corrected chi connectivity index (χ0v) is 36.8. The summed E-state index contributed by atoms with van der Waals surface area (Å²) in [6.45, 7) is 4.95. The van der Waals surface area contributed by atoms with Gasteiger partial charge in [-0.3, -0.25) is 34.2 Å². The summed E-state index contributed by atoms with van der Waals surface area (Å²) in [7, 11) is 0. The number of benzene rings is 3. The number of aromatic nitrogens is 3. The minimum Gasteiger partial charge on any atom is -0.457 e. The van der Waals surface area contributed by atoms with Crippen LogP contribution in [0.2, 0.25) is 5.02 Å². The lowest BCUT2D eigenvalue weighted by Gasteiger charge is -2.40. The second-order valence-electron chi connectivity index (χ2n) is 18.1. The molecule has 1 aliphatic carbocycles. The number of aromatic amines is 1. The van der Waals surface area contributed by atoms with Crippen LogP contribution < -0.4 is 25.6 Å². The van der Waals surface area contributed by atoms with E-state index in [1.54, 1.807) is 36.5 Å². The molecule has 0 spiro atoms. The molecule has 5 aliphatic rings. The predicted molar refractivity (Wildman–Crippen MR) is 246 cm³/mol. The molecule has 5 aromatic rings. The van der Waals surface area contributed by atoms with E-state index in [-0.39, 0.29) is 30.6 Å². The van der Waals surface area contributed by atoms with E-state index >= 15 is 0 Å². The summed E-state index contributed by atoms with van der Waals surface area (Å²) < 4.78 is 5.92. The number of likely N-dealkylation sites (tertiary alicyclic amines) is 1. The van der Waals surface area contributed by atoms with Crippen LogP contribution >= 0.6 is 11.6 Å². The molecule has 4 aliphatic heterocycles. The molecule has 6 heterocycles. The molecule has 4 N–H and O–H groups in total. The number of hydrogen-bond acceptors (Lipinski definition) is 12. The predicted octanol–water partition coefficient (Wildman–Crippen LogP) is 6.73. The van der Waals surface area contributed by atoms with E-state index in [9.17, 15) is 24.0 Å². The zero-order chi connectivity index (χ0) is 44.6. The van der Waals surface area contributed by atoms with Gasteiger partial charge in [0.2, 0.25) is 11.8 Å². The molecule has 2 atom stereocenters. The summed E-state index contributed by atoms with van der Waals surface area (Å²) in [4.78, 5) is 82.8. The van der Waals surface area contributed by atoms with Crippen molar-refractivity contribution in [3.8, 4) is 11.5 Å². The second-order valence-corrected chi connectivity index (χ2v) is 18.5. The second kappa shape index (κ2) is 18.4. The number of amides is 4. The first-order chi connectivity index (χ1) is 31.6. The van der Waals surface area contributed by atoms with Gasteiger partial charge in [0.25, 0.3) is 11.8 Å². The lowest BCUT2D eigenvalue weighted by Crippen LogP contribution is -2.54. The Hall–Kier alpha value is -6.16. The largest absolute Gasteiger partial charge is 0.457 e. The topological polar surface area (TPSA) is 182 Å². The minimum atomic E-state index is -0.969. The first kappa shape index (κ1) is 42.8. The Morgan fingerprint density at radius 2 is 1.57 bits per heavy atom. The van der Waals surface area contributed by atoms with Crippen molar-refractivity contribution in [1.29, 1.82) is 0 Å². The molecule has 15 nitrogen and oxygen atoms in total. The molecule has 2 unspecified atom stereocenters. The van der Waals surface area contributed by atoms with E-state index < -0.39 is 23.8 Å². The van der Waals surface area contributed by atoms with E-state index in [1.807, 2.05) is 36.4 Å². The molecule has 65 heavy (non-hydrogen) atoms. The number of para-hydroxylation sites is 1. The number of fused-ring (bicyclic) bond motifs is 2. The van der Waals surface area contributed by atoms with Crippen molar-refractivity contribution in [2.24, 2.45) is 5.92 Å². The highest BCUT2D eigenvalue weighted by molar-refractivity contribution is 6.36. The van der Waals surface area contributed by atoms with E-state index in [0.29, 0.717) is 73.6 Å². The van der Waals surface area contributed by atoms with Crippen LogP contribution in [-0.2, 0) is 9.59 Å². The Morgan fingerprint density at radius 1 is 0.785 bits per heavy atom. The Morgan fingerprint density at radius 3 is 2.35 bits per heavy atom. The number of ether oxygens (including phenoxy) is 1. The maximum Gasteiger partial charge on any atom is 0.262 e. The molecule has 4 amide bonds. The maximum absolute atomic E-state index is 13.9. The monoisotopic (exact) mass is 897 g/mol. The molecule has 16 heteroatoms. The molecule has 2 aromatic heterocycles. The number of nitrogens with zero attached hydrogens (tertiary/aromatic N) is 5. The Kier molecular flexibility index (Phi) is 12.1. The highest BCUT2D eigenvalue weighted by Crippen LogP contribution is 2.35. The molecule has 0 bridgehead atoms. The van der Waals surface area contributed by atoms with Crippen molar-refractivity contribution in [2.75, 3.05) is 42.9 Å². The van der Waals surface area contributed by atoms with Gasteiger partial charge in [0.15, 0.2) is 5.78 Å². The normalized spacial score (nSPS) is 23.2. The third-order valence-corrected chi connectivity index (χ3v) is 14.2. The molecule has 3 aromatic carbocycles. The number of piperidine rings is 3. The third kappa shape index (κ3) is 8.96. The van der Waals surface area contributed by atoms with E-state index in [0.717, 1.165) is 81.8 Å². The molecular weight excluding hydrogens is 846 g/mol. The lowest BCUT2D eigenvalue weighted by atomic mass is 9.89. The average Bonchev–Trinajstić information content (AvgIpc) is 3.86. The standard InChI is InChI=1S/C49H52ClN9O6/c50-40-24-35(65-34-6-2-1-3-7-34)13-15-37(40)44(61)39-25-51-45-43(39)46(53-28-52-45)55-31-10-8-30(9-11-31)54-32-5-4-20-57(27-32)26-29-18-21-58(22-19-29)33-12-14-36-38(23-33)49(64)59(48(36)63)41-16-17-42(60)56-47(41)62/h1-3,6-7,12-15,23-25,28-32,41,54H,4-5,8-11,16-22,26-27H2,(H,56,60,62)(H2,51,52,53,55). The highest BCUT2D eigenvalue weighted by Gasteiger charge is 2.45. The summed E-state index contributed by atoms with van der Waals surface area (Å²) >= 11 is 6.66. The van der Waals surface area contributed by atoms with Crippen molar-refractivity contribution in [2.45, 2.75) is 88.4 Å². The maximum atomic E-state index is 13.9. The van der Waals surface area contributed by atoms with Crippen LogP contribution in [0.5, 0.6) is 11.5 Å². The fourth-order valence-corrected chi connectivity index (χ4v) is 10.7. The number of carbonyl (C=O) groups is 5. The Bertz CT molecular complexity index is 2640. The van der Waals surface area contributed by atoms with Crippen LogP contribution in [0, 0.1) is 5.92 Å². The van der Waals surface area contributed by atoms with Crippen LogP contribution in [0.3, 0.4) is 0 Å². The van der Waals surface area contributed by atoms with Crippen molar-refractivity contribution in [3.05, 3.63) is 107 Å². The molecule has 0 radical (unpaired) electrons. The number of ketones is 1. The molecule has 1 saturated carbocycles. The molecular formula is C49H52ClN9O6. The van der Waals surface area contributed by atoms with Crippen LogP contribution in [0.25, 0.3) is 11.0 Å². The first-order valence-corrected chi connectivity index (χ1v) is 23.3. The van der Waals surface area contributed by atoms with Crippen LogP contribution in [0.1, 0.15) is 101 Å². The van der Waals surface area contributed by atoms with Crippen LogP contribution in [-0.4, -0.2) is 111 Å².